The van der Waals surface area contributed by atoms with Gasteiger partial charge in [0.05, 0.1) is 12.2 Å². The molecule has 9 atom stereocenters. The first-order valence-electron chi connectivity index (χ1n) is 10.6. The number of allylic oxidation sites excluding steroid dienone is 1. The molecule has 0 aromatic rings. The second-order valence-electron chi connectivity index (χ2n) is 10.2. The Morgan fingerprint density at radius 3 is 2.68 bits per heavy atom. The van der Waals surface area contributed by atoms with E-state index in [1.165, 1.54) is 18.4 Å². The highest BCUT2D eigenvalue weighted by Gasteiger charge is 2.61. The van der Waals surface area contributed by atoms with E-state index in [0.29, 0.717) is 30.2 Å². The third kappa shape index (κ3) is 2.49. The SMILES string of the molecule is C[C@H](CN)[C@H]1[C@@H](O)CC2C3CC=C4C[C@@H](O)CC[C@]4(C)C3CC[C@@]21C. The highest BCUT2D eigenvalue weighted by Crippen LogP contribution is 2.67. The van der Waals surface area contributed by atoms with Crippen molar-refractivity contribution in [3.05, 3.63) is 11.6 Å². The number of hydrogen-bond donors (Lipinski definition) is 3. The van der Waals surface area contributed by atoms with Crippen LogP contribution in [-0.4, -0.2) is 29.0 Å². The summed E-state index contributed by atoms with van der Waals surface area (Å²) in [5.41, 5.74) is 8.06. The van der Waals surface area contributed by atoms with Gasteiger partial charge in [-0.05, 0) is 91.9 Å². The number of aliphatic hydroxyl groups excluding tert-OH is 2. The van der Waals surface area contributed by atoms with Gasteiger partial charge in [0, 0.05) is 0 Å². The smallest absolute Gasteiger partial charge is 0.0579 e. The van der Waals surface area contributed by atoms with Gasteiger partial charge in [0.15, 0.2) is 0 Å². The topological polar surface area (TPSA) is 66.5 Å². The number of aliphatic hydroxyl groups is 2. The maximum Gasteiger partial charge on any atom is 0.0579 e. The fourth-order valence-electron chi connectivity index (χ4n) is 7.87. The second kappa shape index (κ2) is 6.07. The first-order valence-corrected chi connectivity index (χ1v) is 10.6. The lowest BCUT2D eigenvalue weighted by molar-refractivity contribution is -0.0603. The Bertz CT molecular complexity index is 560. The summed E-state index contributed by atoms with van der Waals surface area (Å²) in [4.78, 5) is 0. The first-order chi connectivity index (χ1) is 11.8. The van der Waals surface area contributed by atoms with Crippen LogP contribution in [0.2, 0.25) is 0 Å². The molecule has 0 spiro atoms. The van der Waals surface area contributed by atoms with Crippen LogP contribution in [0.4, 0.5) is 0 Å². The van der Waals surface area contributed by atoms with Crippen molar-refractivity contribution in [2.75, 3.05) is 6.54 Å². The van der Waals surface area contributed by atoms with Crippen molar-refractivity contribution in [3.63, 3.8) is 0 Å². The summed E-state index contributed by atoms with van der Waals surface area (Å²) in [6.45, 7) is 7.83. The fraction of sp³-hybridized carbons (Fsp3) is 0.909. The minimum absolute atomic E-state index is 0.132. The molecule has 3 saturated carbocycles. The number of rotatable bonds is 2. The van der Waals surface area contributed by atoms with Crippen LogP contribution in [0.5, 0.6) is 0 Å². The molecule has 0 radical (unpaired) electrons. The van der Waals surface area contributed by atoms with E-state index in [1.54, 1.807) is 0 Å². The predicted octanol–water partition coefficient (Wildman–Crippen LogP) is 3.49. The Balaban J connectivity index is 1.66. The van der Waals surface area contributed by atoms with Gasteiger partial charge in [-0.15, -0.1) is 0 Å². The molecule has 3 fully saturated rings. The van der Waals surface area contributed by atoms with Gasteiger partial charge in [-0.3, -0.25) is 0 Å². The molecule has 0 amide bonds. The molecular weight excluding hydrogens is 310 g/mol. The summed E-state index contributed by atoms with van der Waals surface area (Å²) in [5, 5.41) is 21.0. The van der Waals surface area contributed by atoms with Crippen molar-refractivity contribution >= 4 is 0 Å². The Hall–Kier alpha value is -0.380. The van der Waals surface area contributed by atoms with Gasteiger partial charge in [0.2, 0.25) is 0 Å². The number of nitrogens with two attached hydrogens (primary N) is 1. The molecule has 4 rings (SSSR count). The maximum atomic E-state index is 10.9. The molecule has 3 nitrogen and oxygen atoms in total. The summed E-state index contributed by atoms with van der Waals surface area (Å²) in [5.74, 6) is 2.82. The van der Waals surface area contributed by atoms with Crippen LogP contribution in [0.3, 0.4) is 0 Å². The second-order valence-corrected chi connectivity index (χ2v) is 10.2. The molecule has 0 bridgehead atoms. The monoisotopic (exact) mass is 347 g/mol. The molecule has 3 heteroatoms. The molecule has 3 unspecified atom stereocenters. The molecule has 4 aliphatic carbocycles. The molecule has 0 saturated heterocycles. The quantitative estimate of drug-likeness (QED) is 0.670. The maximum absolute atomic E-state index is 10.9. The van der Waals surface area contributed by atoms with E-state index in [-0.39, 0.29) is 23.0 Å². The van der Waals surface area contributed by atoms with Crippen molar-refractivity contribution in [2.45, 2.75) is 77.9 Å². The van der Waals surface area contributed by atoms with Crippen LogP contribution in [-0.2, 0) is 0 Å². The average molecular weight is 348 g/mol. The van der Waals surface area contributed by atoms with E-state index >= 15 is 0 Å². The standard InChI is InChI=1S/C22H37NO2/c1-13(12-23)20-19(25)11-18-16-5-4-14-10-15(24)6-8-21(14,2)17(16)7-9-22(18,20)3/h4,13,15-20,24-25H,5-12,23H2,1-3H3/t13-,15+,16?,17?,18?,19+,20+,21+,22+/m1/s1. The zero-order valence-electron chi connectivity index (χ0n) is 16.2. The van der Waals surface area contributed by atoms with Crippen LogP contribution in [0.1, 0.15) is 65.7 Å². The molecule has 0 heterocycles. The molecule has 0 aromatic heterocycles. The largest absolute Gasteiger partial charge is 0.393 e. The summed E-state index contributed by atoms with van der Waals surface area (Å²) in [6.07, 6.45) is 9.76. The lowest BCUT2D eigenvalue weighted by atomic mass is 9.47. The van der Waals surface area contributed by atoms with Gasteiger partial charge in [-0.1, -0.05) is 32.4 Å². The Morgan fingerprint density at radius 2 is 1.96 bits per heavy atom. The zero-order valence-corrected chi connectivity index (χ0v) is 16.2. The molecular formula is C22H37NO2. The summed E-state index contributed by atoms with van der Waals surface area (Å²) in [6, 6.07) is 0. The minimum atomic E-state index is -0.182. The van der Waals surface area contributed by atoms with Gasteiger partial charge < -0.3 is 15.9 Å². The first kappa shape index (κ1) is 18.0. The molecule has 4 N–H and O–H groups in total. The highest BCUT2D eigenvalue weighted by atomic mass is 16.3. The Labute approximate surface area is 153 Å². The van der Waals surface area contributed by atoms with Gasteiger partial charge in [-0.25, -0.2) is 0 Å². The van der Waals surface area contributed by atoms with E-state index in [2.05, 4.69) is 26.8 Å². The van der Waals surface area contributed by atoms with E-state index in [4.69, 9.17) is 5.73 Å². The van der Waals surface area contributed by atoms with Gasteiger partial charge in [0.1, 0.15) is 0 Å². The average Bonchev–Trinajstić information content (AvgIpc) is 2.85. The van der Waals surface area contributed by atoms with Crippen LogP contribution < -0.4 is 5.73 Å². The third-order valence-electron chi connectivity index (χ3n) is 9.17. The van der Waals surface area contributed by atoms with Crippen molar-refractivity contribution < 1.29 is 10.2 Å². The van der Waals surface area contributed by atoms with Crippen LogP contribution in [0, 0.1) is 40.4 Å². The van der Waals surface area contributed by atoms with Gasteiger partial charge in [-0.2, -0.15) is 0 Å². The molecule has 25 heavy (non-hydrogen) atoms. The van der Waals surface area contributed by atoms with Gasteiger partial charge in [0.25, 0.3) is 0 Å². The van der Waals surface area contributed by atoms with E-state index in [9.17, 15) is 10.2 Å². The highest BCUT2D eigenvalue weighted by molar-refractivity contribution is 5.25. The molecule has 4 aliphatic rings. The normalized spacial score (nSPS) is 53.4. The third-order valence-corrected chi connectivity index (χ3v) is 9.17. The van der Waals surface area contributed by atoms with Crippen molar-refractivity contribution in [3.8, 4) is 0 Å². The lowest BCUT2D eigenvalue weighted by Crippen LogP contribution is -2.51. The molecule has 0 aliphatic heterocycles. The summed E-state index contributed by atoms with van der Waals surface area (Å²) >= 11 is 0. The van der Waals surface area contributed by atoms with E-state index in [0.717, 1.165) is 38.0 Å². The van der Waals surface area contributed by atoms with Crippen LogP contribution in [0.25, 0.3) is 0 Å². The Kier molecular flexibility index (Phi) is 4.37. The lowest BCUT2D eigenvalue weighted by Gasteiger charge is -2.58. The zero-order chi connectivity index (χ0) is 18.0. The van der Waals surface area contributed by atoms with Crippen molar-refractivity contribution in [2.24, 2.45) is 46.2 Å². The molecule has 0 aromatic carbocycles. The van der Waals surface area contributed by atoms with Crippen LogP contribution >= 0.6 is 0 Å². The number of hydrogen-bond acceptors (Lipinski definition) is 3. The number of fused-ring (bicyclic) bond motifs is 5. The van der Waals surface area contributed by atoms with Crippen LogP contribution in [0.15, 0.2) is 11.6 Å². The van der Waals surface area contributed by atoms with Gasteiger partial charge >= 0.3 is 0 Å². The van der Waals surface area contributed by atoms with E-state index < -0.39 is 0 Å². The minimum Gasteiger partial charge on any atom is -0.393 e. The predicted molar refractivity (Wildman–Crippen MR) is 101 cm³/mol. The van der Waals surface area contributed by atoms with Crippen molar-refractivity contribution in [1.82, 2.24) is 0 Å². The molecule has 142 valence electrons. The summed E-state index contributed by atoms with van der Waals surface area (Å²) in [7, 11) is 0. The fourth-order valence-corrected chi connectivity index (χ4v) is 7.87. The Morgan fingerprint density at radius 1 is 1.20 bits per heavy atom. The van der Waals surface area contributed by atoms with Crippen molar-refractivity contribution in [1.29, 1.82) is 0 Å². The summed E-state index contributed by atoms with van der Waals surface area (Å²) < 4.78 is 0. The van der Waals surface area contributed by atoms with E-state index in [1.807, 2.05) is 0 Å².